The second kappa shape index (κ2) is 8.05. The van der Waals surface area contributed by atoms with Gasteiger partial charge in [0, 0.05) is 19.7 Å². The zero-order valence-corrected chi connectivity index (χ0v) is 12.6. The van der Waals surface area contributed by atoms with Crippen LogP contribution in [0.15, 0.2) is 53.2 Å². The van der Waals surface area contributed by atoms with Crippen molar-refractivity contribution in [3.05, 3.63) is 60.1 Å². The van der Waals surface area contributed by atoms with Crippen molar-refractivity contribution in [3.8, 4) is 5.75 Å². The lowest BCUT2D eigenvalue weighted by Crippen LogP contribution is -2.27. The minimum atomic E-state index is -0.240. The third-order valence-electron chi connectivity index (χ3n) is 3.15. The number of methoxy groups -OCH3 is 2. The van der Waals surface area contributed by atoms with Crippen LogP contribution in [0, 0.1) is 0 Å². The van der Waals surface area contributed by atoms with Crippen LogP contribution >= 0.6 is 0 Å². The van der Waals surface area contributed by atoms with Crippen molar-refractivity contribution in [1.29, 1.82) is 0 Å². The zero-order chi connectivity index (χ0) is 15.8. The fourth-order valence-corrected chi connectivity index (χ4v) is 1.98. The van der Waals surface area contributed by atoms with E-state index in [4.69, 9.17) is 13.9 Å². The molecule has 0 saturated carbocycles. The molecule has 0 radical (unpaired) electrons. The van der Waals surface area contributed by atoms with E-state index in [9.17, 15) is 4.79 Å². The normalized spacial score (nSPS) is 12.3. The first-order valence-corrected chi connectivity index (χ1v) is 6.89. The molecular weight excluding hydrogens is 282 g/mol. The number of ether oxygens (including phenoxy) is 2. The molecule has 0 unspecified atom stereocenters. The minimum Gasteiger partial charge on any atom is -0.497 e. The summed E-state index contributed by atoms with van der Waals surface area (Å²) in [5.41, 5.74) is 0.942. The van der Waals surface area contributed by atoms with Crippen LogP contribution in [-0.4, -0.2) is 26.7 Å². The second-order valence-electron chi connectivity index (χ2n) is 4.59. The Morgan fingerprint density at radius 1 is 1.32 bits per heavy atom. The number of benzene rings is 1. The largest absolute Gasteiger partial charge is 0.497 e. The number of carbonyl (C=O) groups excluding carboxylic acids is 1. The molecule has 0 bridgehead atoms. The highest BCUT2D eigenvalue weighted by atomic mass is 16.5. The van der Waals surface area contributed by atoms with Crippen LogP contribution in [0.1, 0.15) is 17.4 Å². The van der Waals surface area contributed by atoms with Crippen molar-refractivity contribution >= 4 is 12.0 Å². The van der Waals surface area contributed by atoms with Crippen molar-refractivity contribution in [2.75, 3.05) is 20.8 Å². The third kappa shape index (κ3) is 4.49. The summed E-state index contributed by atoms with van der Waals surface area (Å²) in [5, 5.41) is 2.80. The molecule has 5 heteroatoms. The van der Waals surface area contributed by atoms with Gasteiger partial charge in [-0.1, -0.05) is 12.1 Å². The number of rotatable bonds is 7. The summed E-state index contributed by atoms with van der Waals surface area (Å²) in [7, 11) is 3.22. The van der Waals surface area contributed by atoms with Gasteiger partial charge in [0.25, 0.3) is 0 Å². The number of furan rings is 1. The van der Waals surface area contributed by atoms with Crippen molar-refractivity contribution < 1.29 is 18.7 Å². The van der Waals surface area contributed by atoms with Crippen LogP contribution in [0.25, 0.3) is 6.08 Å². The maximum Gasteiger partial charge on any atom is 0.244 e. The summed E-state index contributed by atoms with van der Waals surface area (Å²) in [5.74, 6) is 1.18. The van der Waals surface area contributed by atoms with Crippen LogP contribution in [0.3, 0.4) is 0 Å². The SMILES string of the molecule is COc1cccc([C@H](CNC(=O)/C=C/c2ccco2)OC)c1. The number of hydrogen-bond donors (Lipinski definition) is 1. The highest BCUT2D eigenvalue weighted by Gasteiger charge is 2.12. The second-order valence-corrected chi connectivity index (χ2v) is 4.59. The van der Waals surface area contributed by atoms with E-state index in [1.165, 1.54) is 6.08 Å². The van der Waals surface area contributed by atoms with E-state index in [-0.39, 0.29) is 12.0 Å². The first-order valence-electron chi connectivity index (χ1n) is 6.89. The fraction of sp³-hybridized carbons (Fsp3) is 0.235. The van der Waals surface area contributed by atoms with Crippen LogP contribution < -0.4 is 10.1 Å². The highest BCUT2D eigenvalue weighted by Crippen LogP contribution is 2.20. The number of carbonyl (C=O) groups is 1. The van der Waals surface area contributed by atoms with E-state index in [2.05, 4.69) is 5.32 Å². The quantitative estimate of drug-likeness (QED) is 0.799. The first-order chi connectivity index (χ1) is 10.7. The standard InChI is InChI=1S/C17H19NO4/c1-20-15-6-3-5-13(11-15)16(21-2)12-18-17(19)9-8-14-7-4-10-22-14/h3-11,16H,12H2,1-2H3,(H,18,19)/b9-8+/t16-/m0/s1. The molecule has 0 saturated heterocycles. The van der Waals surface area contributed by atoms with Gasteiger partial charge in [0.2, 0.25) is 5.91 Å². The molecule has 0 aliphatic heterocycles. The van der Waals surface area contributed by atoms with Crippen LogP contribution in [0.5, 0.6) is 5.75 Å². The fourth-order valence-electron chi connectivity index (χ4n) is 1.98. The van der Waals surface area contributed by atoms with Gasteiger partial charge in [0.1, 0.15) is 11.5 Å². The molecule has 1 heterocycles. The number of nitrogens with one attached hydrogen (secondary N) is 1. The monoisotopic (exact) mass is 301 g/mol. The molecule has 2 aromatic rings. The Labute approximate surface area is 129 Å². The van der Waals surface area contributed by atoms with Gasteiger partial charge in [-0.25, -0.2) is 0 Å². The summed E-state index contributed by atoms with van der Waals surface area (Å²) in [4.78, 5) is 11.8. The molecule has 2 rings (SSSR count). The first kappa shape index (κ1) is 15.9. The van der Waals surface area contributed by atoms with E-state index in [0.29, 0.717) is 12.3 Å². The van der Waals surface area contributed by atoms with Gasteiger partial charge in [0.15, 0.2) is 0 Å². The summed E-state index contributed by atoms with van der Waals surface area (Å²) in [6.07, 6.45) is 4.36. The maximum atomic E-state index is 11.8. The van der Waals surface area contributed by atoms with Gasteiger partial charge in [0.05, 0.1) is 19.5 Å². The Kier molecular flexibility index (Phi) is 5.80. The molecule has 5 nitrogen and oxygen atoms in total. The Morgan fingerprint density at radius 3 is 2.86 bits per heavy atom. The lowest BCUT2D eigenvalue weighted by atomic mass is 10.1. The molecule has 0 aliphatic rings. The van der Waals surface area contributed by atoms with Gasteiger partial charge in [-0.05, 0) is 35.9 Å². The smallest absolute Gasteiger partial charge is 0.244 e. The Hall–Kier alpha value is -2.53. The third-order valence-corrected chi connectivity index (χ3v) is 3.15. The Balaban J connectivity index is 1.91. The highest BCUT2D eigenvalue weighted by molar-refractivity contribution is 5.91. The van der Waals surface area contributed by atoms with Gasteiger partial charge in [-0.2, -0.15) is 0 Å². The van der Waals surface area contributed by atoms with Crippen molar-refractivity contribution in [2.45, 2.75) is 6.10 Å². The van der Waals surface area contributed by atoms with Gasteiger partial charge in [-0.15, -0.1) is 0 Å². The Morgan fingerprint density at radius 2 is 2.18 bits per heavy atom. The molecule has 1 aromatic heterocycles. The van der Waals surface area contributed by atoms with E-state index in [1.807, 2.05) is 24.3 Å². The van der Waals surface area contributed by atoms with Crippen molar-refractivity contribution in [3.63, 3.8) is 0 Å². The number of hydrogen-bond acceptors (Lipinski definition) is 4. The molecular formula is C17H19NO4. The molecule has 116 valence electrons. The average Bonchev–Trinajstić information content (AvgIpc) is 3.07. The van der Waals surface area contributed by atoms with Gasteiger partial charge in [-0.3, -0.25) is 4.79 Å². The van der Waals surface area contributed by atoms with Gasteiger partial charge >= 0.3 is 0 Å². The van der Waals surface area contributed by atoms with Crippen LogP contribution in [-0.2, 0) is 9.53 Å². The molecule has 1 atom stereocenters. The molecule has 0 spiro atoms. The lowest BCUT2D eigenvalue weighted by molar-refractivity contribution is -0.117. The lowest BCUT2D eigenvalue weighted by Gasteiger charge is -2.16. The molecule has 1 N–H and O–H groups in total. The predicted octanol–water partition coefficient (Wildman–Crippen LogP) is 2.81. The molecule has 0 aliphatic carbocycles. The van der Waals surface area contributed by atoms with Crippen LogP contribution in [0.4, 0.5) is 0 Å². The molecule has 0 fully saturated rings. The Bertz CT molecular complexity index is 619. The molecule has 1 amide bonds. The summed E-state index contributed by atoms with van der Waals surface area (Å²) < 4.78 is 15.7. The van der Waals surface area contributed by atoms with Gasteiger partial charge < -0.3 is 19.2 Å². The molecule has 22 heavy (non-hydrogen) atoms. The van der Waals surface area contributed by atoms with E-state index in [0.717, 1.165) is 11.3 Å². The minimum absolute atomic E-state index is 0.207. The van der Waals surface area contributed by atoms with E-state index in [1.54, 1.807) is 38.7 Å². The topological polar surface area (TPSA) is 60.7 Å². The van der Waals surface area contributed by atoms with Crippen molar-refractivity contribution in [2.24, 2.45) is 0 Å². The zero-order valence-electron chi connectivity index (χ0n) is 12.6. The maximum absolute atomic E-state index is 11.8. The molecule has 1 aromatic carbocycles. The summed E-state index contributed by atoms with van der Waals surface area (Å²) >= 11 is 0. The predicted molar refractivity (Wildman–Crippen MR) is 83.5 cm³/mol. The average molecular weight is 301 g/mol. The van der Waals surface area contributed by atoms with Crippen LogP contribution in [0.2, 0.25) is 0 Å². The summed E-state index contributed by atoms with van der Waals surface area (Å²) in [6.45, 7) is 0.366. The number of amides is 1. The van der Waals surface area contributed by atoms with E-state index >= 15 is 0 Å². The van der Waals surface area contributed by atoms with Crippen molar-refractivity contribution in [1.82, 2.24) is 5.32 Å². The van der Waals surface area contributed by atoms with E-state index < -0.39 is 0 Å². The summed E-state index contributed by atoms with van der Waals surface area (Å²) in [6, 6.07) is 11.1.